The van der Waals surface area contributed by atoms with Crippen LogP contribution in [0.5, 0.6) is 0 Å². The van der Waals surface area contributed by atoms with Crippen LogP contribution >= 0.6 is 0 Å². The van der Waals surface area contributed by atoms with E-state index in [1.165, 1.54) is 5.56 Å². The van der Waals surface area contributed by atoms with E-state index in [9.17, 15) is 0 Å². The van der Waals surface area contributed by atoms with Crippen molar-refractivity contribution < 1.29 is 4.42 Å². The average Bonchev–Trinajstić information content (AvgIpc) is 2.89. The monoisotopic (exact) mass is 266 g/mol. The SMILES string of the molecule is CCc1ccc2oc(CC(N)c3ccccc3)nc2c1. The van der Waals surface area contributed by atoms with E-state index >= 15 is 0 Å². The molecule has 3 nitrogen and oxygen atoms in total. The van der Waals surface area contributed by atoms with Gasteiger partial charge in [0.15, 0.2) is 11.5 Å². The highest BCUT2D eigenvalue weighted by molar-refractivity contribution is 5.73. The van der Waals surface area contributed by atoms with E-state index in [1.54, 1.807) is 0 Å². The Morgan fingerprint density at radius 3 is 2.70 bits per heavy atom. The van der Waals surface area contributed by atoms with Crippen molar-refractivity contribution in [3.8, 4) is 0 Å². The summed E-state index contributed by atoms with van der Waals surface area (Å²) in [6, 6.07) is 16.1. The first-order valence-electron chi connectivity index (χ1n) is 6.95. The standard InChI is InChI=1S/C17H18N2O/c1-2-12-8-9-16-15(10-12)19-17(20-16)11-14(18)13-6-4-3-5-7-13/h3-10,14H,2,11,18H2,1H3. The van der Waals surface area contributed by atoms with Crippen LogP contribution in [-0.4, -0.2) is 4.98 Å². The minimum absolute atomic E-state index is 0.0880. The number of nitrogens with zero attached hydrogens (tertiary/aromatic N) is 1. The van der Waals surface area contributed by atoms with E-state index in [0.717, 1.165) is 23.1 Å². The van der Waals surface area contributed by atoms with Crippen molar-refractivity contribution in [1.82, 2.24) is 4.98 Å². The third kappa shape index (κ3) is 2.58. The highest BCUT2D eigenvalue weighted by Crippen LogP contribution is 2.21. The zero-order chi connectivity index (χ0) is 13.9. The van der Waals surface area contributed by atoms with Gasteiger partial charge in [-0.2, -0.15) is 0 Å². The molecule has 3 rings (SSSR count). The molecule has 1 atom stereocenters. The van der Waals surface area contributed by atoms with Crippen LogP contribution in [0.4, 0.5) is 0 Å². The van der Waals surface area contributed by atoms with Crippen molar-refractivity contribution in [3.63, 3.8) is 0 Å². The van der Waals surface area contributed by atoms with Crippen LogP contribution in [0.1, 0.15) is 30.0 Å². The van der Waals surface area contributed by atoms with Gasteiger partial charge in [-0.15, -0.1) is 0 Å². The summed E-state index contributed by atoms with van der Waals surface area (Å²) in [4.78, 5) is 4.54. The number of rotatable bonds is 4. The summed E-state index contributed by atoms with van der Waals surface area (Å²) < 4.78 is 5.77. The molecule has 3 aromatic rings. The van der Waals surface area contributed by atoms with Crippen LogP contribution in [0.15, 0.2) is 52.9 Å². The second-order valence-corrected chi connectivity index (χ2v) is 4.98. The number of hydrogen-bond acceptors (Lipinski definition) is 3. The van der Waals surface area contributed by atoms with Crippen molar-refractivity contribution in [2.24, 2.45) is 5.73 Å². The molecule has 2 aromatic carbocycles. The summed E-state index contributed by atoms with van der Waals surface area (Å²) >= 11 is 0. The number of hydrogen-bond donors (Lipinski definition) is 1. The molecule has 1 aromatic heterocycles. The highest BCUT2D eigenvalue weighted by Gasteiger charge is 2.12. The van der Waals surface area contributed by atoms with Gasteiger partial charge in [-0.05, 0) is 29.7 Å². The number of aromatic nitrogens is 1. The maximum Gasteiger partial charge on any atom is 0.197 e. The van der Waals surface area contributed by atoms with E-state index in [-0.39, 0.29) is 6.04 Å². The number of oxazole rings is 1. The molecule has 3 heteroatoms. The molecule has 0 spiro atoms. The molecule has 0 aliphatic rings. The number of aryl methyl sites for hydroxylation is 1. The second-order valence-electron chi connectivity index (χ2n) is 4.98. The van der Waals surface area contributed by atoms with Gasteiger partial charge in [0, 0.05) is 12.5 Å². The van der Waals surface area contributed by atoms with Crippen LogP contribution in [0.25, 0.3) is 11.1 Å². The van der Waals surface area contributed by atoms with Crippen LogP contribution in [0, 0.1) is 0 Å². The Labute approximate surface area is 118 Å². The van der Waals surface area contributed by atoms with Gasteiger partial charge in [0.25, 0.3) is 0 Å². The molecule has 2 N–H and O–H groups in total. The van der Waals surface area contributed by atoms with Gasteiger partial charge in [0.1, 0.15) is 5.52 Å². The van der Waals surface area contributed by atoms with Crippen molar-refractivity contribution in [1.29, 1.82) is 0 Å². The van der Waals surface area contributed by atoms with Gasteiger partial charge >= 0.3 is 0 Å². The first kappa shape index (κ1) is 12.9. The smallest absolute Gasteiger partial charge is 0.197 e. The maximum atomic E-state index is 6.20. The Morgan fingerprint density at radius 1 is 1.15 bits per heavy atom. The molecule has 0 aliphatic carbocycles. The Morgan fingerprint density at radius 2 is 1.95 bits per heavy atom. The largest absolute Gasteiger partial charge is 0.441 e. The van der Waals surface area contributed by atoms with Crippen LogP contribution < -0.4 is 5.73 Å². The quantitative estimate of drug-likeness (QED) is 0.784. The van der Waals surface area contributed by atoms with E-state index in [4.69, 9.17) is 10.2 Å². The number of benzene rings is 2. The average molecular weight is 266 g/mol. The molecule has 0 bridgehead atoms. The molecule has 0 aliphatic heterocycles. The Balaban J connectivity index is 1.84. The lowest BCUT2D eigenvalue weighted by Crippen LogP contribution is -2.13. The van der Waals surface area contributed by atoms with E-state index in [2.05, 4.69) is 24.0 Å². The van der Waals surface area contributed by atoms with Gasteiger partial charge in [-0.25, -0.2) is 4.98 Å². The summed E-state index contributed by atoms with van der Waals surface area (Å²) in [7, 11) is 0. The van der Waals surface area contributed by atoms with Gasteiger partial charge in [0.2, 0.25) is 0 Å². The van der Waals surface area contributed by atoms with E-state index in [0.29, 0.717) is 12.3 Å². The highest BCUT2D eigenvalue weighted by atomic mass is 16.3. The molecule has 20 heavy (non-hydrogen) atoms. The van der Waals surface area contributed by atoms with Gasteiger partial charge in [-0.1, -0.05) is 43.3 Å². The third-order valence-corrected chi connectivity index (χ3v) is 3.53. The minimum Gasteiger partial charge on any atom is -0.441 e. The predicted molar refractivity (Wildman–Crippen MR) is 80.5 cm³/mol. The summed E-state index contributed by atoms with van der Waals surface area (Å²) in [5.41, 5.74) is 10.3. The fraction of sp³-hybridized carbons (Fsp3) is 0.235. The van der Waals surface area contributed by atoms with E-state index < -0.39 is 0 Å². The topological polar surface area (TPSA) is 52.0 Å². The van der Waals surface area contributed by atoms with Gasteiger partial charge in [-0.3, -0.25) is 0 Å². The van der Waals surface area contributed by atoms with Gasteiger partial charge < -0.3 is 10.2 Å². The fourth-order valence-electron chi connectivity index (χ4n) is 2.33. The molecule has 1 heterocycles. The second kappa shape index (κ2) is 5.47. The fourth-order valence-corrected chi connectivity index (χ4v) is 2.33. The van der Waals surface area contributed by atoms with Crippen molar-refractivity contribution in [2.75, 3.05) is 0 Å². The predicted octanol–water partition coefficient (Wildman–Crippen LogP) is 3.63. The number of fused-ring (bicyclic) bond motifs is 1. The zero-order valence-corrected chi connectivity index (χ0v) is 11.5. The van der Waals surface area contributed by atoms with Crippen molar-refractivity contribution in [2.45, 2.75) is 25.8 Å². The maximum absolute atomic E-state index is 6.20. The lowest BCUT2D eigenvalue weighted by molar-refractivity contribution is 0.502. The third-order valence-electron chi connectivity index (χ3n) is 3.53. The summed E-state index contributed by atoms with van der Waals surface area (Å²) in [6.45, 7) is 2.13. The first-order chi connectivity index (χ1) is 9.76. The molecule has 0 radical (unpaired) electrons. The first-order valence-corrected chi connectivity index (χ1v) is 6.95. The molecule has 102 valence electrons. The van der Waals surface area contributed by atoms with Crippen molar-refractivity contribution >= 4 is 11.1 Å². The molecule has 1 unspecified atom stereocenters. The Hall–Kier alpha value is -2.13. The van der Waals surface area contributed by atoms with Crippen LogP contribution in [0.3, 0.4) is 0 Å². The molecular weight excluding hydrogens is 248 g/mol. The van der Waals surface area contributed by atoms with Crippen LogP contribution in [-0.2, 0) is 12.8 Å². The van der Waals surface area contributed by atoms with Gasteiger partial charge in [0.05, 0.1) is 0 Å². The van der Waals surface area contributed by atoms with Crippen molar-refractivity contribution in [3.05, 3.63) is 65.5 Å². The normalized spacial score (nSPS) is 12.7. The lowest BCUT2D eigenvalue weighted by Gasteiger charge is -2.08. The Kier molecular flexibility index (Phi) is 3.52. The molecule has 0 amide bonds. The summed E-state index contributed by atoms with van der Waals surface area (Å²) in [6.07, 6.45) is 1.61. The summed E-state index contributed by atoms with van der Waals surface area (Å²) in [5, 5.41) is 0. The Bertz CT molecular complexity index is 703. The van der Waals surface area contributed by atoms with E-state index in [1.807, 2.05) is 36.4 Å². The minimum atomic E-state index is -0.0880. The number of nitrogens with two attached hydrogens (primary N) is 1. The summed E-state index contributed by atoms with van der Waals surface area (Å²) in [5.74, 6) is 0.699. The molecule has 0 saturated carbocycles. The lowest BCUT2D eigenvalue weighted by atomic mass is 10.1. The molecular formula is C17H18N2O. The molecule has 0 saturated heterocycles. The molecule has 0 fully saturated rings. The van der Waals surface area contributed by atoms with Crippen LogP contribution in [0.2, 0.25) is 0 Å². The zero-order valence-electron chi connectivity index (χ0n) is 11.5.